The first-order valence-corrected chi connectivity index (χ1v) is 8.90. The molecule has 1 saturated carbocycles. The van der Waals surface area contributed by atoms with E-state index < -0.39 is 0 Å². The monoisotopic (exact) mass is 278 g/mol. The van der Waals surface area contributed by atoms with Gasteiger partial charge in [0.2, 0.25) is 0 Å². The van der Waals surface area contributed by atoms with Crippen LogP contribution in [-0.4, -0.2) is 18.1 Å². The molecular weight excluding hydrogens is 252 g/mol. The van der Waals surface area contributed by atoms with Gasteiger partial charge in [-0.05, 0) is 38.6 Å². The van der Waals surface area contributed by atoms with Crippen LogP contribution < -0.4 is 5.32 Å². The van der Waals surface area contributed by atoms with Gasteiger partial charge in [0.25, 0.3) is 0 Å². The third-order valence-electron chi connectivity index (χ3n) is 4.68. The summed E-state index contributed by atoms with van der Waals surface area (Å²) in [6, 6.07) is 0. The summed E-state index contributed by atoms with van der Waals surface area (Å²) in [5.41, 5.74) is 1.46. The number of aryl methyl sites for hydroxylation is 1. The van der Waals surface area contributed by atoms with Crippen molar-refractivity contribution < 1.29 is 0 Å². The van der Waals surface area contributed by atoms with E-state index in [-0.39, 0.29) is 0 Å². The first-order chi connectivity index (χ1) is 9.38. The highest BCUT2D eigenvalue weighted by molar-refractivity contribution is 7.11. The van der Waals surface area contributed by atoms with Crippen molar-refractivity contribution in [1.82, 2.24) is 10.3 Å². The number of nitrogens with zero attached hydrogens (tertiary/aromatic N) is 1. The molecule has 1 N–H and O–H groups in total. The van der Waals surface area contributed by atoms with Gasteiger partial charge in [0, 0.05) is 23.3 Å². The van der Waals surface area contributed by atoms with Crippen LogP contribution in [0.5, 0.6) is 0 Å². The lowest BCUT2D eigenvalue weighted by Crippen LogP contribution is -2.24. The van der Waals surface area contributed by atoms with Crippen molar-refractivity contribution in [1.29, 1.82) is 0 Å². The summed E-state index contributed by atoms with van der Waals surface area (Å²) >= 11 is 2.04. The highest BCUT2D eigenvalue weighted by Gasteiger charge is 2.27. The van der Waals surface area contributed by atoms with Gasteiger partial charge in [-0.25, -0.2) is 4.98 Å². The molecule has 1 aromatic heterocycles. The summed E-state index contributed by atoms with van der Waals surface area (Å²) < 4.78 is 0. The number of thiazole rings is 1. The fraction of sp³-hybridized carbons (Fsp3) is 0.812. The molecule has 1 unspecified atom stereocenters. The van der Waals surface area contributed by atoms with Gasteiger partial charge in [-0.3, -0.25) is 0 Å². The average molecular weight is 278 g/mol. The van der Waals surface area contributed by atoms with E-state index >= 15 is 0 Å². The van der Waals surface area contributed by atoms with Crippen LogP contribution in [0.25, 0.3) is 0 Å². The van der Waals surface area contributed by atoms with Gasteiger partial charge in [0.1, 0.15) is 0 Å². The van der Waals surface area contributed by atoms with Gasteiger partial charge in [0.05, 0.1) is 10.7 Å². The maximum Gasteiger partial charge on any atom is 0.0962 e. The van der Waals surface area contributed by atoms with E-state index in [2.05, 4.69) is 12.2 Å². The molecule has 3 rings (SSSR count). The van der Waals surface area contributed by atoms with Gasteiger partial charge in [-0.2, -0.15) is 0 Å². The smallest absolute Gasteiger partial charge is 0.0962 e. The molecule has 2 nitrogen and oxygen atoms in total. The summed E-state index contributed by atoms with van der Waals surface area (Å²) in [5.74, 6) is 1.46. The number of hydrogen-bond acceptors (Lipinski definition) is 3. The summed E-state index contributed by atoms with van der Waals surface area (Å²) in [5, 5.41) is 4.98. The normalized spacial score (nSPS) is 24.4. The molecule has 1 atom stereocenters. The van der Waals surface area contributed by atoms with E-state index in [1.165, 1.54) is 62.1 Å². The zero-order chi connectivity index (χ0) is 13.1. The topological polar surface area (TPSA) is 24.9 Å². The van der Waals surface area contributed by atoms with Crippen LogP contribution in [0.4, 0.5) is 0 Å². The molecule has 0 spiro atoms. The van der Waals surface area contributed by atoms with Gasteiger partial charge in [-0.15, -0.1) is 11.3 Å². The molecule has 0 saturated heterocycles. The molecule has 0 amide bonds. The van der Waals surface area contributed by atoms with Crippen molar-refractivity contribution in [2.45, 2.75) is 70.1 Å². The van der Waals surface area contributed by atoms with Crippen LogP contribution >= 0.6 is 11.3 Å². The van der Waals surface area contributed by atoms with Gasteiger partial charge in [0.15, 0.2) is 0 Å². The van der Waals surface area contributed by atoms with Gasteiger partial charge in [-0.1, -0.05) is 26.2 Å². The van der Waals surface area contributed by atoms with E-state index in [0.29, 0.717) is 5.92 Å². The third kappa shape index (κ3) is 3.03. The molecule has 0 radical (unpaired) electrons. The first kappa shape index (κ1) is 13.6. The van der Waals surface area contributed by atoms with Crippen molar-refractivity contribution in [3.05, 3.63) is 15.6 Å². The predicted octanol–water partition coefficient (Wildman–Crippen LogP) is 4.22. The lowest BCUT2D eigenvalue weighted by molar-refractivity contribution is 0.440. The van der Waals surface area contributed by atoms with E-state index in [1.807, 2.05) is 11.3 Å². The van der Waals surface area contributed by atoms with Crippen LogP contribution in [0.15, 0.2) is 0 Å². The molecule has 0 aliphatic heterocycles. The Hall–Kier alpha value is -0.410. The number of fused-ring (bicyclic) bond motifs is 1. The number of hydrogen-bond donors (Lipinski definition) is 1. The van der Waals surface area contributed by atoms with Crippen molar-refractivity contribution in [2.24, 2.45) is 0 Å². The number of nitrogens with one attached hydrogen (secondary N) is 1. The molecule has 2 aliphatic rings. The summed E-state index contributed by atoms with van der Waals surface area (Å²) in [6.45, 7) is 4.39. The highest BCUT2D eigenvalue weighted by Crippen LogP contribution is 2.40. The maximum absolute atomic E-state index is 5.09. The predicted molar refractivity (Wildman–Crippen MR) is 82.2 cm³/mol. The molecule has 106 valence electrons. The Kier molecular flexibility index (Phi) is 4.54. The molecule has 2 aliphatic carbocycles. The Morgan fingerprint density at radius 2 is 2.00 bits per heavy atom. The molecule has 1 aromatic rings. The minimum absolute atomic E-state index is 0.678. The van der Waals surface area contributed by atoms with Crippen molar-refractivity contribution >= 4 is 11.3 Å². The van der Waals surface area contributed by atoms with Crippen molar-refractivity contribution in [2.75, 3.05) is 13.1 Å². The average Bonchev–Trinajstić information content (AvgIpc) is 2.90. The van der Waals surface area contributed by atoms with Crippen LogP contribution in [0.3, 0.4) is 0 Å². The van der Waals surface area contributed by atoms with Crippen LogP contribution in [-0.2, 0) is 6.42 Å². The first-order valence-electron chi connectivity index (χ1n) is 8.08. The van der Waals surface area contributed by atoms with Crippen LogP contribution in [0, 0.1) is 0 Å². The number of rotatable bonds is 4. The summed E-state index contributed by atoms with van der Waals surface area (Å²) in [6.07, 6.45) is 11.0. The zero-order valence-electron chi connectivity index (χ0n) is 12.1. The highest BCUT2D eigenvalue weighted by atomic mass is 32.1. The fourth-order valence-electron chi connectivity index (χ4n) is 3.57. The molecule has 0 bridgehead atoms. The standard InChI is InChI=1S/C16H26N2S/c1-2-17-11-13-9-6-10-14-15(13)18-16(19-14)12-7-4-3-5-8-12/h12-13,17H,2-11H2,1H3. The minimum atomic E-state index is 0.678. The summed E-state index contributed by atoms with van der Waals surface area (Å²) in [4.78, 5) is 6.69. The molecule has 19 heavy (non-hydrogen) atoms. The Morgan fingerprint density at radius 3 is 2.79 bits per heavy atom. The fourth-order valence-corrected chi connectivity index (χ4v) is 4.93. The minimum Gasteiger partial charge on any atom is -0.316 e. The maximum atomic E-state index is 5.09. The van der Waals surface area contributed by atoms with E-state index in [4.69, 9.17) is 4.98 Å². The molecule has 3 heteroatoms. The number of aromatic nitrogens is 1. The molecule has 1 heterocycles. The van der Waals surface area contributed by atoms with E-state index in [1.54, 1.807) is 4.88 Å². The zero-order valence-corrected chi connectivity index (χ0v) is 12.9. The quantitative estimate of drug-likeness (QED) is 0.892. The second-order valence-electron chi connectivity index (χ2n) is 6.09. The molecular formula is C16H26N2S. The lowest BCUT2D eigenvalue weighted by Gasteiger charge is -2.21. The SMILES string of the molecule is CCNCC1CCCc2sc(C3CCCCC3)nc21. The molecule has 0 aromatic carbocycles. The van der Waals surface area contributed by atoms with Crippen molar-refractivity contribution in [3.8, 4) is 0 Å². The van der Waals surface area contributed by atoms with E-state index in [9.17, 15) is 0 Å². The Labute approximate surface area is 121 Å². The van der Waals surface area contributed by atoms with Crippen LogP contribution in [0.1, 0.15) is 79.3 Å². The Morgan fingerprint density at radius 1 is 1.16 bits per heavy atom. The summed E-state index contributed by atoms with van der Waals surface area (Å²) in [7, 11) is 0. The van der Waals surface area contributed by atoms with Gasteiger partial charge >= 0.3 is 0 Å². The third-order valence-corrected chi connectivity index (χ3v) is 5.98. The second kappa shape index (κ2) is 6.36. The molecule has 1 fully saturated rings. The van der Waals surface area contributed by atoms with E-state index in [0.717, 1.165) is 19.0 Å². The number of likely N-dealkylation sites (N-methyl/N-ethyl adjacent to an activating group) is 1. The Bertz CT molecular complexity index is 407. The second-order valence-corrected chi connectivity index (χ2v) is 7.21. The largest absolute Gasteiger partial charge is 0.316 e. The lowest BCUT2D eigenvalue weighted by atomic mass is 9.89. The van der Waals surface area contributed by atoms with Crippen LogP contribution in [0.2, 0.25) is 0 Å². The van der Waals surface area contributed by atoms with Crippen molar-refractivity contribution in [3.63, 3.8) is 0 Å². The van der Waals surface area contributed by atoms with Gasteiger partial charge < -0.3 is 5.32 Å². The Balaban J connectivity index is 1.76.